The van der Waals surface area contributed by atoms with Gasteiger partial charge < -0.3 is 0 Å². The van der Waals surface area contributed by atoms with Crippen LogP contribution in [0, 0.1) is 13.8 Å². The van der Waals surface area contributed by atoms with Gasteiger partial charge in [-0.2, -0.15) is 0 Å². The molecule has 0 fully saturated rings. The molecule has 36 heavy (non-hydrogen) atoms. The van der Waals surface area contributed by atoms with Crippen LogP contribution in [0.25, 0.3) is 72.0 Å². The van der Waals surface area contributed by atoms with Gasteiger partial charge in [0.15, 0.2) is 0 Å². The van der Waals surface area contributed by atoms with Crippen molar-refractivity contribution in [3.63, 3.8) is 0 Å². The van der Waals surface area contributed by atoms with Crippen molar-refractivity contribution in [2.75, 3.05) is 0 Å². The first-order valence-corrected chi connectivity index (χ1v) is 15.3. The predicted molar refractivity (Wildman–Crippen MR) is 166 cm³/mol. The van der Waals surface area contributed by atoms with Gasteiger partial charge in [0.1, 0.15) is 0 Å². The molecule has 8 rings (SSSR count). The van der Waals surface area contributed by atoms with Crippen LogP contribution in [0.5, 0.6) is 0 Å². The largest absolute Gasteiger partial charge is 0.141 e. The predicted octanol–water partition coefficient (Wildman–Crippen LogP) is 11.6. The maximum Gasteiger partial charge on any atom is 0.0542 e. The number of rotatable bonds is 2. The summed E-state index contributed by atoms with van der Waals surface area (Å²) in [5.41, 5.74) is 2.63. The summed E-state index contributed by atoms with van der Waals surface area (Å²) in [6, 6.07) is 32.1. The molecular formula is C32H20S4. The lowest BCUT2D eigenvalue weighted by atomic mass is 10.0. The molecule has 0 aliphatic rings. The van der Waals surface area contributed by atoms with Crippen LogP contribution in [0.4, 0.5) is 0 Å². The standard InChI is InChI=1S/C32H20S4/c1-17-3-13-27(33-17)21-7-5-19-9-11-23-29(25(19)15-21)35-32-24-12-10-20-6-8-22(28-14-4-18(2)34-28)16-26(20)30(24)36-31(23)32/h3-16H,1-2H3. The Bertz CT molecular complexity index is 1970. The normalized spacial score (nSPS) is 12.2. The molecule has 0 amide bonds. The number of hydrogen-bond donors (Lipinski definition) is 0. The van der Waals surface area contributed by atoms with E-state index in [0.717, 1.165) is 0 Å². The lowest BCUT2D eigenvalue weighted by Crippen LogP contribution is -1.77. The molecule has 0 saturated heterocycles. The summed E-state index contributed by atoms with van der Waals surface area (Å²) in [6.45, 7) is 4.36. The quantitative estimate of drug-likeness (QED) is 0.208. The molecule has 8 aromatic rings. The molecular weight excluding hydrogens is 513 g/mol. The third-order valence-electron chi connectivity index (χ3n) is 7.10. The molecule has 4 aromatic carbocycles. The molecule has 4 heterocycles. The van der Waals surface area contributed by atoms with Crippen LogP contribution in [-0.4, -0.2) is 0 Å². The van der Waals surface area contributed by atoms with Gasteiger partial charge >= 0.3 is 0 Å². The third-order valence-corrected chi connectivity index (χ3v) is 11.9. The van der Waals surface area contributed by atoms with E-state index in [2.05, 4.69) is 98.8 Å². The van der Waals surface area contributed by atoms with E-state index in [1.54, 1.807) is 0 Å². The first-order valence-electron chi connectivity index (χ1n) is 12.0. The number of hydrogen-bond acceptors (Lipinski definition) is 4. The van der Waals surface area contributed by atoms with Crippen molar-refractivity contribution in [2.24, 2.45) is 0 Å². The maximum absolute atomic E-state index is 2.40. The SMILES string of the molecule is Cc1ccc(-c2ccc3ccc4c(sc5c6ccc7ccc(-c8ccc(C)s8)cc7c6sc45)c3c2)s1. The van der Waals surface area contributed by atoms with E-state index in [1.165, 1.54) is 81.8 Å². The summed E-state index contributed by atoms with van der Waals surface area (Å²) in [7, 11) is 0. The zero-order valence-electron chi connectivity index (χ0n) is 19.7. The molecule has 0 aliphatic carbocycles. The molecule has 4 aromatic heterocycles. The van der Waals surface area contributed by atoms with Crippen LogP contribution in [0.15, 0.2) is 84.9 Å². The van der Waals surface area contributed by atoms with Crippen LogP contribution in [0.2, 0.25) is 0 Å². The number of aryl methyl sites for hydroxylation is 2. The van der Waals surface area contributed by atoms with Crippen LogP contribution in [-0.2, 0) is 0 Å². The third kappa shape index (κ3) is 3.09. The summed E-state index contributed by atoms with van der Waals surface area (Å²) < 4.78 is 5.67. The fraction of sp³-hybridized carbons (Fsp3) is 0.0625. The molecule has 0 atom stereocenters. The minimum absolute atomic E-state index is 1.32. The average molecular weight is 533 g/mol. The van der Waals surface area contributed by atoms with Crippen molar-refractivity contribution in [1.29, 1.82) is 0 Å². The monoisotopic (exact) mass is 532 g/mol. The Kier molecular flexibility index (Phi) is 4.54. The lowest BCUT2D eigenvalue weighted by molar-refractivity contribution is 1.64. The minimum atomic E-state index is 1.32. The van der Waals surface area contributed by atoms with Crippen LogP contribution < -0.4 is 0 Å². The smallest absolute Gasteiger partial charge is 0.0542 e. The van der Waals surface area contributed by atoms with Crippen LogP contribution in [0.3, 0.4) is 0 Å². The topological polar surface area (TPSA) is 0 Å². The average Bonchev–Trinajstić information content (AvgIpc) is 3.67. The fourth-order valence-corrected chi connectivity index (χ4v) is 9.91. The molecule has 0 bridgehead atoms. The van der Waals surface area contributed by atoms with Gasteiger partial charge in [-0.15, -0.1) is 45.3 Å². The van der Waals surface area contributed by atoms with Crippen molar-refractivity contribution >= 4 is 96.5 Å². The molecule has 0 radical (unpaired) electrons. The van der Waals surface area contributed by atoms with E-state index in [4.69, 9.17) is 0 Å². The van der Waals surface area contributed by atoms with Crippen LogP contribution >= 0.6 is 45.3 Å². The second-order valence-corrected chi connectivity index (χ2v) is 14.1. The van der Waals surface area contributed by atoms with E-state index in [-0.39, 0.29) is 0 Å². The Morgan fingerprint density at radius 2 is 0.833 bits per heavy atom. The Hall–Kier alpha value is -3.02. The lowest BCUT2D eigenvalue weighted by Gasteiger charge is -2.04. The summed E-state index contributed by atoms with van der Waals surface area (Å²) >= 11 is 7.67. The van der Waals surface area contributed by atoms with Gasteiger partial charge in [0.2, 0.25) is 0 Å². The Balaban J connectivity index is 1.38. The van der Waals surface area contributed by atoms with Crippen LogP contribution in [0.1, 0.15) is 9.75 Å². The number of thiophene rings is 4. The van der Waals surface area contributed by atoms with E-state index in [0.29, 0.717) is 0 Å². The molecule has 4 heteroatoms. The summed E-state index contributed by atoms with van der Waals surface area (Å²) in [5, 5.41) is 8.16. The zero-order chi connectivity index (χ0) is 24.0. The van der Waals surface area contributed by atoms with Crippen molar-refractivity contribution in [3.05, 3.63) is 94.7 Å². The van der Waals surface area contributed by atoms with Gasteiger partial charge in [0, 0.05) is 50.5 Å². The first-order chi connectivity index (χ1) is 17.6. The Morgan fingerprint density at radius 1 is 0.389 bits per heavy atom. The van der Waals surface area contributed by atoms with Gasteiger partial charge in [-0.05, 0) is 72.1 Å². The second kappa shape index (κ2) is 7.74. The number of benzene rings is 4. The number of fused-ring (bicyclic) bond motifs is 9. The van der Waals surface area contributed by atoms with E-state index in [1.807, 2.05) is 45.3 Å². The van der Waals surface area contributed by atoms with Gasteiger partial charge in [0.05, 0.1) is 9.40 Å². The minimum Gasteiger partial charge on any atom is -0.141 e. The second-order valence-electron chi connectivity index (χ2n) is 9.44. The molecule has 0 spiro atoms. The summed E-state index contributed by atoms with van der Waals surface area (Å²) in [6.07, 6.45) is 0. The first kappa shape index (κ1) is 21.1. The highest BCUT2D eigenvalue weighted by atomic mass is 32.1. The highest BCUT2D eigenvalue weighted by molar-refractivity contribution is 7.37. The zero-order valence-corrected chi connectivity index (χ0v) is 23.0. The molecule has 0 N–H and O–H groups in total. The van der Waals surface area contributed by atoms with E-state index in [9.17, 15) is 0 Å². The van der Waals surface area contributed by atoms with E-state index >= 15 is 0 Å². The highest BCUT2D eigenvalue weighted by Gasteiger charge is 2.16. The van der Waals surface area contributed by atoms with Crippen molar-refractivity contribution in [2.45, 2.75) is 13.8 Å². The van der Waals surface area contributed by atoms with Gasteiger partial charge in [-0.25, -0.2) is 0 Å². The summed E-state index contributed by atoms with van der Waals surface area (Å²) in [5.74, 6) is 0. The van der Waals surface area contributed by atoms with Crippen molar-refractivity contribution < 1.29 is 0 Å². The fourth-order valence-electron chi connectivity index (χ4n) is 5.30. The van der Waals surface area contributed by atoms with Crippen molar-refractivity contribution in [3.8, 4) is 20.9 Å². The highest BCUT2D eigenvalue weighted by Crippen LogP contribution is 2.49. The van der Waals surface area contributed by atoms with Gasteiger partial charge in [0.25, 0.3) is 0 Å². The Morgan fingerprint density at radius 3 is 1.25 bits per heavy atom. The molecule has 0 nitrogen and oxygen atoms in total. The molecule has 172 valence electrons. The Labute approximate surface area is 224 Å². The molecule has 0 aliphatic heterocycles. The summed E-state index contributed by atoms with van der Waals surface area (Å²) in [4.78, 5) is 5.41. The maximum atomic E-state index is 2.40. The molecule has 0 saturated carbocycles. The van der Waals surface area contributed by atoms with Crippen molar-refractivity contribution in [1.82, 2.24) is 0 Å². The molecule has 0 unspecified atom stereocenters. The van der Waals surface area contributed by atoms with Gasteiger partial charge in [-0.1, -0.05) is 48.5 Å². The van der Waals surface area contributed by atoms with E-state index < -0.39 is 0 Å². The van der Waals surface area contributed by atoms with Gasteiger partial charge in [-0.3, -0.25) is 0 Å².